The van der Waals surface area contributed by atoms with E-state index in [0.717, 1.165) is 4.47 Å². The summed E-state index contributed by atoms with van der Waals surface area (Å²) in [6.45, 7) is 0.569. The lowest BCUT2D eigenvalue weighted by Gasteiger charge is -2.11. The fourth-order valence-electron chi connectivity index (χ4n) is 1.60. The number of hydrogen-bond donors (Lipinski definition) is 2. The highest BCUT2D eigenvalue weighted by Crippen LogP contribution is 2.31. The van der Waals surface area contributed by atoms with Gasteiger partial charge in [0.25, 0.3) is 5.91 Å². The molecule has 1 aromatic rings. The summed E-state index contributed by atoms with van der Waals surface area (Å²) in [6.07, 6.45) is 2.41. The van der Waals surface area contributed by atoms with Crippen LogP contribution in [-0.2, 0) is 0 Å². The topological polar surface area (TPSA) is 55.1 Å². The van der Waals surface area contributed by atoms with Crippen LogP contribution in [0.25, 0.3) is 0 Å². The van der Waals surface area contributed by atoms with Crippen molar-refractivity contribution in [2.75, 3.05) is 6.54 Å². The molecule has 0 bridgehead atoms. The van der Waals surface area contributed by atoms with E-state index >= 15 is 0 Å². The molecule has 1 fully saturated rings. The molecule has 1 aliphatic rings. The third-order valence-corrected chi connectivity index (χ3v) is 3.36. The number of carbonyl (C=O) groups excluding carboxylic acids is 1. The Bertz CT molecular complexity index is 379. The van der Waals surface area contributed by atoms with Crippen LogP contribution >= 0.6 is 28.3 Å². The second-order valence-corrected chi connectivity index (χ2v) is 5.13. The van der Waals surface area contributed by atoms with Crippen LogP contribution < -0.4 is 11.1 Å². The van der Waals surface area contributed by atoms with Crippen LogP contribution in [0, 0.1) is 5.92 Å². The first-order valence-corrected chi connectivity index (χ1v) is 6.25. The first-order valence-electron chi connectivity index (χ1n) is 5.46. The van der Waals surface area contributed by atoms with E-state index in [9.17, 15) is 4.79 Å². The molecule has 1 aromatic carbocycles. The quantitative estimate of drug-likeness (QED) is 0.895. The Morgan fingerprint density at radius 2 is 2.00 bits per heavy atom. The van der Waals surface area contributed by atoms with E-state index in [1.807, 2.05) is 12.1 Å². The van der Waals surface area contributed by atoms with E-state index in [2.05, 4.69) is 21.2 Å². The van der Waals surface area contributed by atoms with Crippen molar-refractivity contribution in [1.82, 2.24) is 5.32 Å². The van der Waals surface area contributed by atoms with E-state index in [4.69, 9.17) is 5.73 Å². The van der Waals surface area contributed by atoms with Crippen LogP contribution in [0.1, 0.15) is 23.2 Å². The smallest absolute Gasteiger partial charge is 0.251 e. The maximum atomic E-state index is 11.7. The zero-order valence-electron chi connectivity index (χ0n) is 9.36. The molecule has 94 valence electrons. The average molecular weight is 320 g/mol. The zero-order chi connectivity index (χ0) is 11.5. The lowest BCUT2D eigenvalue weighted by atomic mass is 10.2. The predicted molar refractivity (Wildman–Crippen MR) is 74.4 cm³/mol. The normalized spacial score (nSPS) is 15.9. The van der Waals surface area contributed by atoms with Crippen LogP contribution in [0.15, 0.2) is 28.7 Å². The second kappa shape index (κ2) is 6.38. The highest BCUT2D eigenvalue weighted by Gasteiger charge is 2.28. The van der Waals surface area contributed by atoms with Gasteiger partial charge in [0.1, 0.15) is 0 Å². The van der Waals surface area contributed by atoms with Crippen LogP contribution in [-0.4, -0.2) is 18.5 Å². The van der Waals surface area contributed by atoms with Crippen LogP contribution in [0.5, 0.6) is 0 Å². The molecule has 1 unspecified atom stereocenters. The van der Waals surface area contributed by atoms with Crippen LogP contribution in [0.2, 0.25) is 0 Å². The fourth-order valence-corrected chi connectivity index (χ4v) is 1.87. The lowest BCUT2D eigenvalue weighted by molar-refractivity contribution is 0.0950. The summed E-state index contributed by atoms with van der Waals surface area (Å²) in [5, 5.41) is 2.86. The lowest BCUT2D eigenvalue weighted by Crippen LogP contribution is -2.38. The van der Waals surface area contributed by atoms with E-state index in [-0.39, 0.29) is 24.4 Å². The van der Waals surface area contributed by atoms with E-state index in [1.54, 1.807) is 12.1 Å². The Morgan fingerprint density at radius 1 is 1.41 bits per heavy atom. The summed E-state index contributed by atoms with van der Waals surface area (Å²) >= 11 is 3.33. The van der Waals surface area contributed by atoms with Gasteiger partial charge < -0.3 is 11.1 Å². The Morgan fingerprint density at radius 3 is 2.53 bits per heavy atom. The van der Waals surface area contributed by atoms with E-state index < -0.39 is 0 Å². The van der Waals surface area contributed by atoms with Gasteiger partial charge in [0.05, 0.1) is 0 Å². The first-order chi connectivity index (χ1) is 7.66. The zero-order valence-corrected chi connectivity index (χ0v) is 11.8. The second-order valence-electron chi connectivity index (χ2n) is 4.22. The van der Waals surface area contributed by atoms with Crippen molar-refractivity contribution in [2.24, 2.45) is 11.7 Å². The highest BCUT2D eigenvalue weighted by molar-refractivity contribution is 9.10. The summed E-state index contributed by atoms with van der Waals surface area (Å²) in [5.74, 6) is 0.564. The van der Waals surface area contributed by atoms with Gasteiger partial charge in [0, 0.05) is 22.6 Å². The molecule has 17 heavy (non-hydrogen) atoms. The third kappa shape index (κ3) is 4.30. The summed E-state index contributed by atoms with van der Waals surface area (Å²) in [6, 6.07) is 7.41. The van der Waals surface area contributed by atoms with Gasteiger partial charge >= 0.3 is 0 Å². The number of carbonyl (C=O) groups is 1. The largest absolute Gasteiger partial charge is 0.350 e. The molecule has 0 saturated heterocycles. The SMILES string of the molecule is Cl.NC(CNC(=O)c1ccc(Br)cc1)C1CC1. The van der Waals surface area contributed by atoms with Gasteiger partial charge in [-0.15, -0.1) is 12.4 Å². The predicted octanol–water partition coefficient (Wildman–Crippen LogP) is 2.34. The summed E-state index contributed by atoms with van der Waals surface area (Å²) in [5.41, 5.74) is 6.58. The van der Waals surface area contributed by atoms with E-state index in [0.29, 0.717) is 18.0 Å². The van der Waals surface area contributed by atoms with Gasteiger partial charge in [-0.2, -0.15) is 0 Å². The Balaban J connectivity index is 0.00000144. The van der Waals surface area contributed by atoms with Crippen molar-refractivity contribution >= 4 is 34.2 Å². The van der Waals surface area contributed by atoms with Crippen molar-refractivity contribution in [3.8, 4) is 0 Å². The summed E-state index contributed by atoms with van der Waals surface area (Å²) in [7, 11) is 0. The molecule has 1 atom stereocenters. The van der Waals surface area contributed by atoms with Crippen LogP contribution in [0.3, 0.4) is 0 Å². The standard InChI is InChI=1S/C12H15BrN2O.ClH/c13-10-5-3-9(4-6-10)12(16)15-7-11(14)8-1-2-8;/h3-6,8,11H,1-2,7,14H2,(H,15,16);1H. The molecule has 1 saturated carbocycles. The van der Waals surface area contributed by atoms with Gasteiger partial charge in [-0.25, -0.2) is 0 Å². The average Bonchev–Trinajstić information content (AvgIpc) is 3.10. The van der Waals surface area contributed by atoms with Gasteiger partial charge in [0.2, 0.25) is 0 Å². The minimum Gasteiger partial charge on any atom is -0.350 e. The Labute approximate surface area is 116 Å². The molecule has 1 amide bonds. The Kier molecular flexibility index (Phi) is 5.43. The van der Waals surface area contributed by atoms with Gasteiger partial charge in [-0.3, -0.25) is 4.79 Å². The van der Waals surface area contributed by atoms with Gasteiger partial charge in [-0.05, 0) is 43.0 Å². The molecule has 3 nitrogen and oxygen atoms in total. The Hall–Kier alpha value is -0.580. The maximum absolute atomic E-state index is 11.7. The molecule has 0 aromatic heterocycles. The maximum Gasteiger partial charge on any atom is 0.251 e. The molecule has 5 heteroatoms. The first kappa shape index (κ1) is 14.5. The van der Waals surface area contributed by atoms with Crippen LogP contribution in [0.4, 0.5) is 0 Å². The van der Waals surface area contributed by atoms with Crippen molar-refractivity contribution in [1.29, 1.82) is 0 Å². The minimum atomic E-state index is -0.0522. The molecule has 0 heterocycles. The summed E-state index contributed by atoms with van der Waals surface area (Å²) in [4.78, 5) is 11.7. The number of nitrogens with two attached hydrogens (primary N) is 1. The monoisotopic (exact) mass is 318 g/mol. The molecular formula is C12H16BrClN2O. The minimum absolute atomic E-state index is 0. The number of halogens is 2. The molecule has 0 radical (unpaired) electrons. The van der Waals surface area contributed by atoms with Gasteiger partial charge in [0.15, 0.2) is 0 Å². The van der Waals surface area contributed by atoms with Crippen molar-refractivity contribution in [2.45, 2.75) is 18.9 Å². The molecule has 0 aliphatic heterocycles. The number of rotatable bonds is 4. The molecule has 1 aliphatic carbocycles. The van der Waals surface area contributed by atoms with Crippen molar-refractivity contribution in [3.05, 3.63) is 34.3 Å². The number of amides is 1. The van der Waals surface area contributed by atoms with Crippen molar-refractivity contribution < 1.29 is 4.79 Å². The summed E-state index contributed by atoms with van der Waals surface area (Å²) < 4.78 is 0.971. The molecule has 0 spiro atoms. The third-order valence-electron chi connectivity index (χ3n) is 2.83. The number of hydrogen-bond acceptors (Lipinski definition) is 2. The molecule has 3 N–H and O–H groups in total. The molecule has 2 rings (SSSR count). The van der Waals surface area contributed by atoms with E-state index in [1.165, 1.54) is 12.8 Å². The van der Waals surface area contributed by atoms with Crippen molar-refractivity contribution in [3.63, 3.8) is 0 Å². The number of benzene rings is 1. The molecular weight excluding hydrogens is 304 g/mol. The number of nitrogens with one attached hydrogen (secondary N) is 1. The van der Waals surface area contributed by atoms with Gasteiger partial charge in [-0.1, -0.05) is 15.9 Å². The fraction of sp³-hybridized carbons (Fsp3) is 0.417. The highest BCUT2D eigenvalue weighted by atomic mass is 79.9.